The fraction of sp³-hybridized carbons (Fsp3) is 0.143. The quantitative estimate of drug-likeness (QED) is 0.524. The summed E-state index contributed by atoms with van der Waals surface area (Å²) in [4.78, 5) is 9.03. The number of aromatic nitrogens is 3. The van der Waals surface area contributed by atoms with Gasteiger partial charge in [-0.1, -0.05) is 60.7 Å². The number of benzene rings is 2. The number of imidazole rings is 1. The van der Waals surface area contributed by atoms with Crippen LogP contribution in [-0.2, 0) is 28.9 Å². The van der Waals surface area contributed by atoms with Crippen LogP contribution in [0.5, 0.6) is 0 Å². The highest BCUT2D eigenvalue weighted by Crippen LogP contribution is 2.16. The number of fused-ring (bicyclic) bond motifs is 1. The molecule has 0 saturated heterocycles. The second kappa shape index (κ2) is 7.92. The summed E-state index contributed by atoms with van der Waals surface area (Å²) in [5, 5.41) is 0. The summed E-state index contributed by atoms with van der Waals surface area (Å²) in [5.74, 6) is 0.569. The molecule has 4 rings (SSSR count). The normalized spacial score (nSPS) is 11.7. The van der Waals surface area contributed by atoms with Crippen molar-refractivity contribution in [1.82, 2.24) is 19.3 Å². The summed E-state index contributed by atoms with van der Waals surface area (Å²) in [6.45, 7) is 0.683. The average Bonchev–Trinajstić information content (AvgIpc) is 3.05. The molecule has 0 spiro atoms. The molecule has 1 N–H and O–H groups in total. The number of nitrogens with zero attached hydrogens (tertiary/aromatic N) is 3. The lowest BCUT2D eigenvalue weighted by atomic mass is 10.2. The van der Waals surface area contributed by atoms with Gasteiger partial charge >= 0.3 is 0 Å². The van der Waals surface area contributed by atoms with Gasteiger partial charge in [0.15, 0.2) is 5.65 Å². The lowest BCUT2D eigenvalue weighted by molar-refractivity contribution is 0.575. The van der Waals surface area contributed by atoms with Crippen LogP contribution in [0.2, 0.25) is 0 Å². The van der Waals surface area contributed by atoms with Crippen molar-refractivity contribution in [1.29, 1.82) is 0 Å². The van der Waals surface area contributed by atoms with E-state index in [1.807, 2.05) is 65.2 Å². The first-order valence-electron chi connectivity index (χ1n) is 8.96. The first-order valence-corrected chi connectivity index (χ1v) is 10.6. The molecule has 2 aromatic heterocycles. The van der Waals surface area contributed by atoms with E-state index < -0.39 is 10.0 Å². The van der Waals surface area contributed by atoms with E-state index in [0.717, 1.165) is 22.3 Å². The third kappa shape index (κ3) is 4.27. The number of rotatable bonds is 7. The van der Waals surface area contributed by atoms with E-state index in [-0.39, 0.29) is 12.3 Å². The van der Waals surface area contributed by atoms with Gasteiger partial charge in [-0.05, 0) is 23.3 Å². The number of sulfonamides is 1. The molecule has 0 amide bonds. The highest BCUT2D eigenvalue weighted by Gasteiger charge is 2.16. The van der Waals surface area contributed by atoms with Gasteiger partial charge in [0, 0.05) is 6.20 Å². The van der Waals surface area contributed by atoms with E-state index in [1.165, 1.54) is 0 Å². The van der Waals surface area contributed by atoms with Crippen LogP contribution in [0.4, 0.5) is 0 Å². The molecule has 0 aliphatic rings. The lowest BCUT2D eigenvalue weighted by Gasteiger charge is -2.10. The Morgan fingerprint density at radius 2 is 1.54 bits per heavy atom. The first-order chi connectivity index (χ1) is 13.6. The maximum absolute atomic E-state index is 12.5. The highest BCUT2D eigenvalue weighted by molar-refractivity contribution is 7.88. The monoisotopic (exact) mass is 392 g/mol. The Bertz CT molecular complexity index is 1170. The van der Waals surface area contributed by atoms with E-state index in [1.54, 1.807) is 18.3 Å². The predicted octanol–water partition coefficient (Wildman–Crippen LogP) is 3.10. The number of hydrogen-bond donors (Lipinski definition) is 1. The Morgan fingerprint density at radius 3 is 2.25 bits per heavy atom. The van der Waals surface area contributed by atoms with Crippen molar-refractivity contribution < 1.29 is 8.42 Å². The van der Waals surface area contributed by atoms with Crippen molar-refractivity contribution in [3.05, 3.63) is 95.9 Å². The highest BCUT2D eigenvalue weighted by atomic mass is 32.2. The molecule has 0 atom stereocenters. The molecule has 0 unspecified atom stereocenters. The molecule has 0 fully saturated rings. The Hall–Kier alpha value is -3.03. The molecule has 0 saturated carbocycles. The predicted molar refractivity (Wildman–Crippen MR) is 109 cm³/mol. The molecular formula is C21H20N4O2S. The van der Waals surface area contributed by atoms with Crippen LogP contribution in [0.3, 0.4) is 0 Å². The molecule has 142 valence electrons. The molecule has 28 heavy (non-hydrogen) atoms. The summed E-state index contributed by atoms with van der Waals surface area (Å²) in [6, 6.07) is 22.8. The van der Waals surface area contributed by atoms with E-state index in [2.05, 4.69) is 14.7 Å². The molecular weight excluding hydrogens is 372 g/mol. The maximum Gasteiger partial charge on any atom is 0.216 e. The summed E-state index contributed by atoms with van der Waals surface area (Å²) in [6.07, 6.45) is 1.72. The molecule has 0 bridgehead atoms. The van der Waals surface area contributed by atoms with Crippen molar-refractivity contribution >= 4 is 21.2 Å². The SMILES string of the molecule is O=S(=O)(Cc1ccccc1)NCc1nc2cccnc2n1Cc1ccccc1. The molecule has 0 aliphatic carbocycles. The second-order valence-electron chi connectivity index (χ2n) is 6.51. The van der Waals surface area contributed by atoms with Gasteiger partial charge in [-0.15, -0.1) is 0 Å². The lowest BCUT2D eigenvalue weighted by Crippen LogP contribution is -2.26. The Balaban J connectivity index is 1.59. The topological polar surface area (TPSA) is 76.9 Å². The molecule has 6 nitrogen and oxygen atoms in total. The molecule has 2 aromatic carbocycles. The van der Waals surface area contributed by atoms with Crippen LogP contribution in [0.1, 0.15) is 17.0 Å². The van der Waals surface area contributed by atoms with Gasteiger partial charge in [0.25, 0.3) is 0 Å². The first kappa shape index (κ1) is 18.3. The van der Waals surface area contributed by atoms with Gasteiger partial charge in [-0.2, -0.15) is 0 Å². The molecule has 7 heteroatoms. The Morgan fingerprint density at radius 1 is 0.857 bits per heavy atom. The van der Waals surface area contributed by atoms with Gasteiger partial charge in [0.05, 0.1) is 18.8 Å². The summed E-state index contributed by atoms with van der Waals surface area (Å²) < 4.78 is 29.6. The van der Waals surface area contributed by atoms with Crippen LogP contribution in [0.25, 0.3) is 11.2 Å². The smallest absolute Gasteiger partial charge is 0.216 e. The van der Waals surface area contributed by atoms with E-state index in [9.17, 15) is 8.42 Å². The van der Waals surface area contributed by atoms with Gasteiger partial charge in [0.1, 0.15) is 11.3 Å². The van der Waals surface area contributed by atoms with Crippen LogP contribution in [-0.4, -0.2) is 23.0 Å². The zero-order chi connectivity index (χ0) is 19.4. The van der Waals surface area contributed by atoms with Gasteiger partial charge < -0.3 is 4.57 Å². The minimum absolute atomic E-state index is 0.0645. The number of pyridine rings is 1. The third-order valence-electron chi connectivity index (χ3n) is 4.42. The van der Waals surface area contributed by atoms with Crippen molar-refractivity contribution in [2.24, 2.45) is 0 Å². The van der Waals surface area contributed by atoms with Crippen LogP contribution in [0.15, 0.2) is 79.0 Å². The van der Waals surface area contributed by atoms with Crippen molar-refractivity contribution in [2.75, 3.05) is 0 Å². The van der Waals surface area contributed by atoms with Crippen LogP contribution >= 0.6 is 0 Å². The minimum Gasteiger partial charge on any atom is -0.307 e. The van der Waals surface area contributed by atoms with Gasteiger partial charge in [-0.3, -0.25) is 0 Å². The van der Waals surface area contributed by atoms with E-state index in [4.69, 9.17) is 0 Å². The summed E-state index contributed by atoms with van der Waals surface area (Å²) >= 11 is 0. The van der Waals surface area contributed by atoms with E-state index >= 15 is 0 Å². The Labute approximate surface area is 163 Å². The van der Waals surface area contributed by atoms with Crippen LogP contribution < -0.4 is 4.72 Å². The molecule has 4 aromatic rings. The fourth-order valence-electron chi connectivity index (χ4n) is 3.09. The largest absolute Gasteiger partial charge is 0.307 e. The van der Waals surface area contributed by atoms with Gasteiger partial charge in [-0.25, -0.2) is 23.1 Å². The molecule has 0 aliphatic heterocycles. The Kier molecular flexibility index (Phi) is 5.18. The zero-order valence-electron chi connectivity index (χ0n) is 15.2. The van der Waals surface area contributed by atoms with Crippen molar-refractivity contribution in [2.45, 2.75) is 18.8 Å². The van der Waals surface area contributed by atoms with E-state index in [0.29, 0.717) is 12.4 Å². The summed E-state index contributed by atoms with van der Waals surface area (Å²) in [7, 11) is -3.48. The second-order valence-corrected chi connectivity index (χ2v) is 8.32. The molecule has 2 heterocycles. The van der Waals surface area contributed by atoms with Crippen molar-refractivity contribution in [3.8, 4) is 0 Å². The minimum atomic E-state index is -3.48. The molecule has 0 radical (unpaired) electrons. The van der Waals surface area contributed by atoms with Gasteiger partial charge in [0.2, 0.25) is 10.0 Å². The zero-order valence-corrected chi connectivity index (χ0v) is 16.0. The number of hydrogen-bond acceptors (Lipinski definition) is 4. The summed E-state index contributed by atoms with van der Waals surface area (Å²) in [5.41, 5.74) is 3.33. The third-order valence-corrected chi connectivity index (χ3v) is 5.71. The fourth-order valence-corrected chi connectivity index (χ4v) is 4.17. The van der Waals surface area contributed by atoms with Crippen LogP contribution in [0, 0.1) is 0 Å². The average molecular weight is 392 g/mol. The number of nitrogens with one attached hydrogen (secondary N) is 1. The van der Waals surface area contributed by atoms with Crippen molar-refractivity contribution in [3.63, 3.8) is 0 Å². The standard InChI is InChI=1S/C21H20N4O2S/c26-28(27,16-18-10-5-2-6-11-18)23-14-20-24-19-12-7-13-22-21(19)25(20)15-17-8-3-1-4-9-17/h1-13,23H,14-16H2. The maximum atomic E-state index is 12.5.